The second-order valence-corrected chi connectivity index (χ2v) is 4.72. The molecule has 0 aliphatic carbocycles. The van der Waals surface area contributed by atoms with E-state index in [0.717, 1.165) is 19.3 Å². The molecular weight excluding hydrogens is 254 g/mol. The van der Waals surface area contributed by atoms with Gasteiger partial charge in [0.1, 0.15) is 0 Å². The Morgan fingerprint density at radius 2 is 1.90 bits per heavy atom. The maximum Gasteiger partial charge on any atom is 0.239 e. The van der Waals surface area contributed by atoms with Gasteiger partial charge >= 0.3 is 0 Å². The zero-order valence-electron chi connectivity index (χ0n) is 11.9. The molecular formula is C15H23N3O2. The molecule has 0 heterocycles. The maximum absolute atomic E-state index is 11.8. The van der Waals surface area contributed by atoms with Crippen LogP contribution in [-0.4, -0.2) is 30.9 Å². The van der Waals surface area contributed by atoms with Crippen LogP contribution in [0.4, 0.5) is 0 Å². The lowest BCUT2D eigenvalue weighted by atomic mass is 10.0. The normalized spacial score (nSPS) is 11.7. The number of amides is 2. The zero-order valence-corrected chi connectivity index (χ0v) is 11.9. The SMILES string of the molecule is CCCC(Cc1ccccc1)NC(=O)CNC(=O)CN. The van der Waals surface area contributed by atoms with E-state index in [0.29, 0.717) is 0 Å². The zero-order chi connectivity index (χ0) is 14.8. The molecule has 1 aromatic carbocycles. The van der Waals surface area contributed by atoms with E-state index in [-0.39, 0.29) is 30.9 Å². The minimum absolute atomic E-state index is 0.0228. The Balaban J connectivity index is 2.46. The number of hydrogen-bond donors (Lipinski definition) is 3. The van der Waals surface area contributed by atoms with Crippen LogP contribution in [0.15, 0.2) is 30.3 Å². The van der Waals surface area contributed by atoms with Crippen LogP contribution in [0, 0.1) is 0 Å². The highest BCUT2D eigenvalue weighted by Gasteiger charge is 2.12. The smallest absolute Gasteiger partial charge is 0.239 e. The van der Waals surface area contributed by atoms with Crippen molar-refractivity contribution < 1.29 is 9.59 Å². The topological polar surface area (TPSA) is 84.2 Å². The van der Waals surface area contributed by atoms with Gasteiger partial charge in [0.15, 0.2) is 0 Å². The molecule has 0 spiro atoms. The van der Waals surface area contributed by atoms with Crippen molar-refractivity contribution in [1.82, 2.24) is 10.6 Å². The standard InChI is InChI=1S/C15H23N3O2/c1-2-6-13(9-12-7-4-3-5-8-12)18-15(20)11-17-14(19)10-16/h3-5,7-8,13H,2,6,9-11,16H2,1H3,(H,17,19)(H,18,20). The second kappa shape index (κ2) is 9.09. The predicted molar refractivity (Wildman–Crippen MR) is 79.0 cm³/mol. The van der Waals surface area contributed by atoms with Crippen LogP contribution in [0.25, 0.3) is 0 Å². The molecule has 20 heavy (non-hydrogen) atoms. The highest BCUT2D eigenvalue weighted by atomic mass is 16.2. The van der Waals surface area contributed by atoms with Gasteiger partial charge < -0.3 is 16.4 Å². The molecule has 0 aromatic heterocycles. The second-order valence-electron chi connectivity index (χ2n) is 4.72. The monoisotopic (exact) mass is 277 g/mol. The summed E-state index contributed by atoms with van der Waals surface area (Å²) in [5.74, 6) is -0.503. The Bertz CT molecular complexity index is 420. The number of benzene rings is 1. The van der Waals surface area contributed by atoms with Crippen molar-refractivity contribution in [2.75, 3.05) is 13.1 Å². The predicted octanol–water partition coefficient (Wildman–Crippen LogP) is 0.589. The fourth-order valence-corrected chi connectivity index (χ4v) is 2.00. The quantitative estimate of drug-likeness (QED) is 0.650. The molecule has 0 aliphatic heterocycles. The first-order chi connectivity index (χ1) is 9.65. The van der Waals surface area contributed by atoms with Crippen molar-refractivity contribution in [3.8, 4) is 0 Å². The summed E-state index contributed by atoms with van der Waals surface area (Å²) >= 11 is 0. The average molecular weight is 277 g/mol. The third kappa shape index (κ3) is 6.33. The van der Waals surface area contributed by atoms with Crippen LogP contribution < -0.4 is 16.4 Å². The molecule has 0 radical (unpaired) electrons. The van der Waals surface area contributed by atoms with Gasteiger partial charge in [-0.25, -0.2) is 0 Å². The molecule has 2 amide bonds. The van der Waals surface area contributed by atoms with Gasteiger partial charge in [-0.2, -0.15) is 0 Å². The average Bonchev–Trinajstić information content (AvgIpc) is 2.46. The molecule has 0 fully saturated rings. The Morgan fingerprint density at radius 3 is 2.50 bits per heavy atom. The fourth-order valence-electron chi connectivity index (χ4n) is 2.00. The molecule has 110 valence electrons. The van der Waals surface area contributed by atoms with Crippen molar-refractivity contribution in [3.63, 3.8) is 0 Å². The van der Waals surface area contributed by atoms with Gasteiger partial charge in [0.2, 0.25) is 11.8 Å². The van der Waals surface area contributed by atoms with Crippen molar-refractivity contribution in [2.24, 2.45) is 5.73 Å². The summed E-state index contributed by atoms with van der Waals surface area (Å²) in [6.07, 6.45) is 2.70. The van der Waals surface area contributed by atoms with E-state index in [1.807, 2.05) is 30.3 Å². The highest BCUT2D eigenvalue weighted by Crippen LogP contribution is 2.07. The molecule has 1 atom stereocenters. The van der Waals surface area contributed by atoms with Crippen LogP contribution >= 0.6 is 0 Å². The largest absolute Gasteiger partial charge is 0.352 e. The molecule has 4 N–H and O–H groups in total. The minimum atomic E-state index is -0.324. The van der Waals surface area contributed by atoms with Crippen molar-refractivity contribution in [3.05, 3.63) is 35.9 Å². The van der Waals surface area contributed by atoms with Crippen LogP contribution in [0.2, 0.25) is 0 Å². The van der Waals surface area contributed by atoms with E-state index in [2.05, 4.69) is 17.6 Å². The summed E-state index contributed by atoms with van der Waals surface area (Å²) in [5, 5.41) is 5.42. The molecule has 5 nitrogen and oxygen atoms in total. The van der Waals surface area contributed by atoms with Gasteiger partial charge in [-0.05, 0) is 18.4 Å². The van der Waals surface area contributed by atoms with Crippen LogP contribution in [0.3, 0.4) is 0 Å². The Kier molecular flexibility index (Phi) is 7.35. The van der Waals surface area contributed by atoms with Crippen LogP contribution in [-0.2, 0) is 16.0 Å². The highest BCUT2D eigenvalue weighted by molar-refractivity contribution is 5.85. The van der Waals surface area contributed by atoms with E-state index in [4.69, 9.17) is 5.73 Å². The summed E-state index contributed by atoms with van der Waals surface area (Å²) in [6.45, 7) is 1.96. The number of hydrogen-bond acceptors (Lipinski definition) is 3. The van der Waals surface area contributed by atoms with Gasteiger partial charge in [-0.3, -0.25) is 9.59 Å². The first-order valence-corrected chi connectivity index (χ1v) is 6.95. The Labute approximate surface area is 119 Å². The maximum atomic E-state index is 11.8. The fraction of sp³-hybridized carbons (Fsp3) is 0.467. The molecule has 0 saturated heterocycles. The Morgan fingerprint density at radius 1 is 1.20 bits per heavy atom. The molecule has 0 saturated carbocycles. The van der Waals surface area contributed by atoms with Crippen molar-refractivity contribution >= 4 is 11.8 Å². The van der Waals surface area contributed by atoms with Gasteiger partial charge in [0.05, 0.1) is 13.1 Å². The minimum Gasteiger partial charge on any atom is -0.352 e. The van der Waals surface area contributed by atoms with Gasteiger partial charge in [0, 0.05) is 6.04 Å². The molecule has 0 bridgehead atoms. The first kappa shape index (κ1) is 16.2. The number of nitrogens with one attached hydrogen (secondary N) is 2. The van der Waals surface area contributed by atoms with E-state index >= 15 is 0 Å². The van der Waals surface area contributed by atoms with Crippen LogP contribution in [0.5, 0.6) is 0 Å². The van der Waals surface area contributed by atoms with E-state index < -0.39 is 0 Å². The van der Waals surface area contributed by atoms with Crippen molar-refractivity contribution in [2.45, 2.75) is 32.2 Å². The van der Waals surface area contributed by atoms with Crippen molar-refractivity contribution in [1.29, 1.82) is 0 Å². The molecule has 5 heteroatoms. The van der Waals surface area contributed by atoms with E-state index in [1.54, 1.807) is 0 Å². The van der Waals surface area contributed by atoms with E-state index in [1.165, 1.54) is 5.56 Å². The summed E-state index contributed by atoms with van der Waals surface area (Å²) in [7, 11) is 0. The number of carbonyl (C=O) groups excluding carboxylic acids is 2. The lowest BCUT2D eigenvalue weighted by Crippen LogP contribution is -2.44. The summed E-state index contributed by atoms with van der Waals surface area (Å²) in [6, 6.07) is 10.1. The molecule has 1 aromatic rings. The van der Waals surface area contributed by atoms with Gasteiger partial charge in [-0.1, -0.05) is 43.7 Å². The van der Waals surface area contributed by atoms with Gasteiger partial charge in [0.25, 0.3) is 0 Å². The third-order valence-corrected chi connectivity index (χ3v) is 2.96. The van der Waals surface area contributed by atoms with Gasteiger partial charge in [-0.15, -0.1) is 0 Å². The lowest BCUT2D eigenvalue weighted by Gasteiger charge is -2.18. The molecule has 1 rings (SSSR count). The summed E-state index contributed by atoms with van der Waals surface area (Å²) in [5.41, 5.74) is 6.36. The number of rotatable bonds is 8. The Hall–Kier alpha value is -1.88. The first-order valence-electron chi connectivity index (χ1n) is 6.95. The summed E-state index contributed by atoms with van der Waals surface area (Å²) in [4.78, 5) is 22.8. The van der Waals surface area contributed by atoms with E-state index in [9.17, 15) is 9.59 Å². The number of nitrogens with two attached hydrogens (primary N) is 1. The van der Waals surface area contributed by atoms with Crippen LogP contribution in [0.1, 0.15) is 25.3 Å². The third-order valence-electron chi connectivity index (χ3n) is 2.96. The number of carbonyl (C=O) groups is 2. The molecule has 1 unspecified atom stereocenters. The lowest BCUT2D eigenvalue weighted by molar-refractivity contribution is -0.125. The molecule has 0 aliphatic rings. The summed E-state index contributed by atoms with van der Waals surface area (Å²) < 4.78 is 0.